The molecule has 0 fully saturated rings. The third kappa shape index (κ3) is 7.04. The standard InChI is InChI=1S/C8H10AsNO5.C7H6N2O3/c1-6(11)10-8-4-2-3-7(5-8)9(12,13)15-14;8-7(10)5-1-3-6(4-2-5)9(11)12/h2-5,14H,1H3,(H,10,11)(H,12,13);1-4H,(H2,8,10). The van der Waals surface area contributed by atoms with Gasteiger partial charge in [0.25, 0.3) is 5.69 Å². The van der Waals surface area contributed by atoms with Crippen molar-refractivity contribution in [1.82, 2.24) is 0 Å². The molecule has 27 heavy (non-hydrogen) atoms. The van der Waals surface area contributed by atoms with Crippen molar-refractivity contribution >= 4 is 41.7 Å². The first kappa shape index (κ1) is 22.1. The second-order valence-corrected chi connectivity index (χ2v) is 8.61. The SMILES string of the molecule is CC(=O)Nc1cccc([As](=O)(O)OO)c1.NC(=O)c1ccc([N+](=O)[O-])cc1. The summed E-state index contributed by atoms with van der Waals surface area (Å²) in [6.07, 6.45) is 0. The van der Waals surface area contributed by atoms with Gasteiger partial charge in [-0.3, -0.25) is 14.9 Å². The molecule has 0 aliphatic carbocycles. The molecule has 2 rings (SSSR count). The molecule has 0 saturated carbocycles. The molecular formula is C15H16AsN3O8. The summed E-state index contributed by atoms with van der Waals surface area (Å²) in [6.45, 7) is 1.32. The predicted octanol–water partition coefficient (Wildman–Crippen LogP) is 0.397. The molecule has 12 heteroatoms. The Hall–Kier alpha value is -2.98. The largest absolute Gasteiger partial charge is 0.366 e. The normalized spacial score (nSPS) is 12.1. The molecule has 0 aliphatic heterocycles. The Bertz CT molecular complexity index is 852. The Kier molecular flexibility index (Phi) is 7.88. The van der Waals surface area contributed by atoms with Crippen molar-refractivity contribution in [2.45, 2.75) is 6.92 Å². The van der Waals surface area contributed by atoms with Gasteiger partial charge in [0.15, 0.2) is 0 Å². The van der Waals surface area contributed by atoms with E-state index >= 15 is 0 Å². The van der Waals surface area contributed by atoms with Crippen molar-refractivity contribution in [3.05, 3.63) is 64.2 Å². The molecule has 0 saturated heterocycles. The van der Waals surface area contributed by atoms with Crippen LogP contribution in [0.25, 0.3) is 0 Å². The first-order valence-electron chi connectivity index (χ1n) is 7.15. The van der Waals surface area contributed by atoms with Gasteiger partial charge in [0.2, 0.25) is 5.91 Å². The van der Waals surface area contributed by atoms with E-state index in [9.17, 15) is 27.5 Å². The number of carbonyl (C=O) groups is 2. The summed E-state index contributed by atoms with van der Waals surface area (Å²) in [5.41, 5.74) is 5.51. The van der Waals surface area contributed by atoms with E-state index in [2.05, 4.69) is 9.19 Å². The van der Waals surface area contributed by atoms with Crippen LogP contribution in [0.2, 0.25) is 0 Å². The summed E-state index contributed by atoms with van der Waals surface area (Å²) in [4.78, 5) is 30.9. The van der Waals surface area contributed by atoms with Crippen LogP contribution in [0.4, 0.5) is 11.4 Å². The molecule has 0 aliphatic rings. The number of nitrogens with zero attached hydrogens (tertiary/aromatic N) is 1. The third-order valence-electron chi connectivity index (χ3n) is 2.97. The maximum Gasteiger partial charge on any atom is 0.269 e. The zero-order valence-corrected chi connectivity index (χ0v) is 15.8. The summed E-state index contributed by atoms with van der Waals surface area (Å²) in [6, 6.07) is 10.8. The number of non-ortho nitro benzene ring substituents is 1. The number of hydrogen-bond acceptors (Lipinski definition) is 7. The number of nitrogens with two attached hydrogens (primary N) is 1. The molecule has 144 valence electrons. The minimum atomic E-state index is -4.83. The van der Waals surface area contributed by atoms with Crippen LogP contribution in [-0.4, -0.2) is 40.3 Å². The number of benzene rings is 2. The number of rotatable bonds is 5. The van der Waals surface area contributed by atoms with Gasteiger partial charge in [0.1, 0.15) is 0 Å². The smallest absolute Gasteiger partial charge is 0.269 e. The van der Waals surface area contributed by atoms with Crippen molar-refractivity contribution in [2.75, 3.05) is 5.32 Å². The molecule has 11 nitrogen and oxygen atoms in total. The van der Waals surface area contributed by atoms with E-state index in [1.165, 1.54) is 49.4 Å². The van der Waals surface area contributed by atoms with Gasteiger partial charge in [-0.1, -0.05) is 0 Å². The van der Waals surface area contributed by atoms with Crippen LogP contribution in [0.5, 0.6) is 0 Å². The van der Waals surface area contributed by atoms with Crippen molar-refractivity contribution < 1.29 is 31.5 Å². The van der Waals surface area contributed by atoms with Gasteiger partial charge in [0.05, 0.1) is 4.92 Å². The second kappa shape index (κ2) is 9.64. The summed E-state index contributed by atoms with van der Waals surface area (Å²) < 4.78 is 23.9. The van der Waals surface area contributed by atoms with Gasteiger partial charge in [-0.25, -0.2) is 0 Å². The Morgan fingerprint density at radius 3 is 2.26 bits per heavy atom. The van der Waals surface area contributed by atoms with Crippen molar-refractivity contribution in [1.29, 1.82) is 0 Å². The van der Waals surface area contributed by atoms with Crippen LogP contribution in [0.15, 0.2) is 48.5 Å². The fourth-order valence-corrected chi connectivity index (χ4v) is 3.16. The van der Waals surface area contributed by atoms with Crippen LogP contribution in [0.3, 0.4) is 0 Å². The molecule has 0 heterocycles. The summed E-state index contributed by atoms with van der Waals surface area (Å²) >= 11 is -4.83. The molecule has 1 atom stereocenters. The molecule has 2 aromatic rings. The molecule has 1 unspecified atom stereocenters. The maximum atomic E-state index is 11.3. The Labute approximate surface area is 155 Å². The van der Waals surface area contributed by atoms with Crippen molar-refractivity contribution in [2.24, 2.45) is 5.73 Å². The fourth-order valence-electron chi connectivity index (χ4n) is 1.76. The minimum absolute atomic E-state index is 0.0399. The quantitative estimate of drug-likeness (QED) is 0.222. The molecule has 2 aromatic carbocycles. The number of hydrogen-bond donors (Lipinski definition) is 4. The Balaban J connectivity index is 0.000000277. The van der Waals surface area contributed by atoms with Crippen LogP contribution >= 0.6 is 0 Å². The topological polar surface area (TPSA) is 182 Å². The molecule has 5 N–H and O–H groups in total. The Morgan fingerprint density at radius 2 is 1.81 bits per heavy atom. The van der Waals surface area contributed by atoms with E-state index < -0.39 is 25.0 Å². The number of nitro benzene ring substituents is 1. The first-order chi connectivity index (χ1) is 12.6. The van der Waals surface area contributed by atoms with E-state index in [-0.39, 0.29) is 21.5 Å². The average molecular weight is 441 g/mol. The molecular weight excluding hydrogens is 425 g/mol. The van der Waals surface area contributed by atoms with E-state index in [0.717, 1.165) is 0 Å². The zero-order chi connectivity index (χ0) is 20.6. The van der Waals surface area contributed by atoms with Crippen LogP contribution < -0.4 is 15.4 Å². The van der Waals surface area contributed by atoms with E-state index in [1.54, 1.807) is 6.07 Å². The number of anilines is 1. The molecule has 2 amide bonds. The summed E-state index contributed by atoms with van der Waals surface area (Å²) in [7, 11) is 0. The number of nitrogens with one attached hydrogen (secondary N) is 1. The maximum absolute atomic E-state index is 11.3. The van der Waals surface area contributed by atoms with Gasteiger partial charge in [-0.2, -0.15) is 0 Å². The fraction of sp³-hybridized carbons (Fsp3) is 0.0667. The second-order valence-electron chi connectivity index (χ2n) is 5.00. The number of amides is 2. The number of carbonyl (C=O) groups excluding carboxylic acids is 2. The van der Waals surface area contributed by atoms with Gasteiger partial charge in [-0.05, 0) is 12.1 Å². The zero-order valence-electron chi connectivity index (χ0n) is 13.9. The van der Waals surface area contributed by atoms with Crippen LogP contribution in [0.1, 0.15) is 17.3 Å². The molecule has 0 spiro atoms. The number of primary amides is 1. The van der Waals surface area contributed by atoms with Gasteiger partial charge in [-0.15, -0.1) is 0 Å². The van der Waals surface area contributed by atoms with Gasteiger partial charge in [0, 0.05) is 17.7 Å². The van der Waals surface area contributed by atoms with Gasteiger partial charge >= 0.3 is 88.4 Å². The molecule has 0 aromatic heterocycles. The molecule has 0 bridgehead atoms. The molecule has 0 radical (unpaired) electrons. The first-order valence-corrected chi connectivity index (χ1v) is 10.5. The minimum Gasteiger partial charge on any atom is -0.366 e. The third-order valence-corrected chi connectivity index (χ3v) is 5.38. The van der Waals surface area contributed by atoms with E-state index in [4.69, 9.17) is 11.0 Å². The van der Waals surface area contributed by atoms with E-state index in [0.29, 0.717) is 5.69 Å². The van der Waals surface area contributed by atoms with E-state index in [1.807, 2.05) is 0 Å². The average Bonchev–Trinajstić information content (AvgIpc) is 2.62. The predicted molar refractivity (Wildman–Crippen MR) is 94.4 cm³/mol. The van der Waals surface area contributed by atoms with Crippen molar-refractivity contribution in [3.63, 3.8) is 0 Å². The Morgan fingerprint density at radius 1 is 1.22 bits per heavy atom. The van der Waals surface area contributed by atoms with Crippen LogP contribution in [0, 0.1) is 10.1 Å². The number of nitro groups is 1. The summed E-state index contributed by atoms with van der Waals surface area (Å²) in [5, 5.41) is 20.9. The van der Waals surface area contributed by atoms with Crippen molar-refractivity contribution in [3.8, 4) is 0 Å². The van der Waals surface area contributed by atoms with Gasteiger partial charge < -0.3 is 5.73 Å². The summed E-state index contributed by atoms with van der Waals surface area (Å²) in [5.74, 6) is -0.887. The monoisotopic (exact) mass is 441 g/mol. The van der Waals surface area contributed by atoms with Crippen LogP contribution in [-0.2, 0) is 12.4 Å².